The van der Waals surface area contributed by atoms with Gasteiger partial charge in [0, 0.05) is 6.07 Å². The van der Waals surface area contributed by atoms with Crippen LogP contribution in [0.2, 0.25) is 0 Å². The minimum Gasteiger partial charge on any atom is -0.492 e. The van der Waals surface area contributed by atoms with E-state index in [4.69, 9.17) is 16.2 Å². The first kappa shape index (κ1) is 15.2. The Bertz CT molecular complexity index is 369. The first-order valence-corrected chi connectivity index (χ1v) is 7.41. The summed E-state index contributed by atoms with van der Waals surface area (Å²) in [5, 5.41) is 0. The fourth-order valence-electron chi connectivity index (χ4n) is 1.76. The van der Waals surface area contributed by atoms with Gasteiger partial charge >= 0.3 is 0 Å². The van der Waals surface area contributed by atoms with Crippen LogP contribution in [0.3, 0.4) is 0 Å². The SMILES string of the molecule is CCCCCCCCOc1cc(N)c(N)cc1Br. The van der Waals surface area contributed by atoms with Gasteiger partial charge in [-0.05, 0) is 28.4 Å². The molecule has 0 aliphatic rings. The maximum absolute atomic E-state index is 5.75. The van der Waals surface area contributed by atoms with Gasteiger partial charge in [-0.25, -0.2) is 0 Å². The summed E-state index contributed by atoms with van der Waals surface area (Å²) in [6.45, 7) is 2.96. The monoisotopic (exact) mass is 314 g/mol. The van der Waals surface area contributed by atoms with Gasteiger partial charge in [-0.15, -0.1) is 0 Å². The van der Waals surface area contributed by atoms with E-state index in [9.17, 15) is 0 Å². The second-order valence-corrected chi connectivity index (χ2v) is 5.38. The van der Waals surface area contributed by atoms with Crippen molar-refractivity contribution in [1.82, 2.24) is 0 Å². The summed E-state index contributed by atoms with van der Waals surface area (Å²) in [7, 11) is 0. The van der Waals surface area contributed by atoms with E-state index in [2.05, 4.69) is 22.9 Å². The van der Waals surface area contributed by atoms with Crippen molar-refractivity contribution in [1.29, 1.82) is 0 Å². The van der Waals surface area contributed by atoms with Gasteiger partial charge in [0.25, 0.3) is 0 Å². The van der Waals surface area contributed by atoms with Crippen molar-refractivity contribution >= 4 is 27.3 Å². The Morgan fingerprint density at radius 1 is 1.00 bits per heavy atom. The molecule has 0 atom stereocenters. The van der Waals surface area contributed by atoms with Crippen LogP contribution < -0.4 is 16.2 Å². The van der Waals surface area contributed by atoms with Crippen LogP contribution in [0.5, 0.6) is 5.75 Å². The Morgan fingerprint density at radius 3 is 2.33 bits per heavy atom. The molecule has 1 aromatic rings. The molecule has 0 saturated heterocycles. The molecule has 1 aromatic carbocycles. The van der Waals surface area contributed by atoms with Gasteiger partial charge in [-0.3, -0.25) is 0 Å². The van der Waals surface area contributed by atoms with Gasteiger partial charge in [-0.2, -0.15) is 0 Å². The fourth-order valence-corrected chi connectivity index (χ4v) is 2.24. The van der Waals surface area contributed by atoms with Crippen molar-refractivity contribution in [3.63, 3.8) is 0 Å². The van der Waals surface area contributed by atoms with Gasteiger partial charge in [-0.1, -0.05) is 39.0 Å². The number of hydrogen-bond donors (Lipinski definition) is 2. The van der Waals surface area contributed by atoms with E-state index >= 15 is 0 Å². The predicted octanol–water partition coefficient (Wildman–Crippen LogP) is 4.35. The van der Waals surface area contributed by atoms with E-state index in [0.717, 1.165) is 23.2 Å². The Hall–Kier alpha value is -0.900. The highest BCUT2D eigenvalue weighted by Gasteiger charge is 2.04. The normalized spacial score (nSPS) is 10.6. The van der Waals surface area contributed by atoms with E-state index in [1.807, 2.05) is 0 Å². The molecule has 0 fully saturated rings. The molecule has 0 radical (unpaired) electrons. The molecule has 0 saturated carbocycles. The maximum atomic E-state index is 5.75. The second-order valence-electron chi connectivity index (χ2n) is 4.53. The topological polar surface area (TPSA) is 61.3 Å². The van der Waals surface area contributed by atoms with E-state index in [1.54, 1.807) is 12.1 Å². The van der Waals surface area contributed by atoms with Gasteiger partial charge in [0.1, 0.15) is 5.75 Å². The lowest BCUT2D eigenvalue weighted by Gasteiger charge is -2.10. The number of anilines is 2. The third kappa shape index (κ3) is 5.17. The first-order valence-electron chi connectivity index (χ1n) is 6.62. The maximum Gasteiger partial charge on any atom is 0.135 e. The van der Waals surface area contributed by atoms with Gasteiger partial charge in [0.2, 0.25) is 0 Å². The van der Waals surface area contributed by atoms with Crippen LogP contribution in [0, 0.1) is 0 Å². The van der Waals surface area contributed by atoms with E-state index in [-0.39, 0.29) is 0 Å². The molecule has 0 spiro atoms. The largest absolute Gasteiger partial charge is 0.492 e. The third-order valence-electron chi connectivity index (χ3n) is 2.89. The minimum absolute atomic E-state index is 0.566. The average Bonchev–Trinajstić information content (AvgIpc) is 2.34. The first-order chi connectivity index (χ1) is 8.65. The van der Waals surface area contributed by atoms with E-state index in [1.165, 1.54) is 32.1 Å². The minimum atomic E-state index is 0.566. The number of unbranched alkanes of at least 4 members (excludes halogenated alkanes) is 5. The molecule has 102 valence electrons. The quantitative estimate of drug-likeness (QED) is 0.554. The van der Waals surface area contributed by atoms with E-state index in [0.29, 0.717) is 11.4 Å². The zero-order valence-electron chi connectivity index (χ0n) is 11.0. The number of benzene rings is 1. The van der Waals surface area contributed by atoms with E-state index < -0.39 is 0 Å². The highest BCUT2D eigenvalue weighted by Crippen LogP contribution is 2.31. The lowest BCUT2D eigenvalue weighted by Crippen LogP contribution is -2.01. The molecular weight excluding hydrogens is 292 g/mol. The molecule has 3 nitrogen and oxygen atoms in total. The Balaban J connectivity index is 2.25. The summed E-state index contributed by atoms with van der Waals surface area (Å²) in [6.07, 6.45) is 7.55. The lowest BCUT2D eigenvalue weighted by atomic mass is 10.1. The van der Waals surface area contributed by atoms with Crippen molar-refractivity contribution in [3.05, 3.63) is 16.6 Å². The van der Waals surface area contributed by atoms with Gasteiger partial charge < -0.3 is 16.2 Å². The summed E-state index contributed by atoms with van der Waals surface area (Å²) in [5.74, 6) is 0.773. The van der Waals surface area contributed by atoms with Crippen LogP contribution in [-0.2, 0) is 0 Å². The summed E-state index contributed by atoms with van der Waals surface area (Å²) in [4.78, 5) is 0. The molecule has 0 aliphatic heterocycles. The summed E-state index contributed by atoms with van der Waals surface area (Å²) < 4.78 is 6.56. The Morgan fingerprint density at radius 2 is 1.61 bits per heavy atom. The highest BCUT2D eigenvalue weighted by atomic mass is 79.9. The standard InChI is InChI=1S/C14H23BrN2O/c1-2-3-4-5-6-7-8-18-14-10-13(17)12(16)9-11(14)15/h9-10H,2-8,16-17H2,1H3. The molecule has 4 N–H and O–H groups in total. The van der Waals surface area contributed by atoms with Crippen molar-refractivity contribution in [3.8, 4) is 5.75 Å². The highest BCUT2D eigenvalue weighted by molar-refractivity contribution is 9.10. The smallest absolute Gasteiger partial charge is 0.135 e. The molecular formula is C14H23BrN2O. The fraction of sp³-hybridized carbons (Fsp3) is 0.571. The van der Waals surface area contributed by atoms with Crippen molar-refractivity contribution in [2.45, 2.75) is 45.4 Å². The van der Waals surface area contributed by atoms with Crippen molar-refractivity contribution in [2.75, 3.05) is 18.1 Å². The molecule has 18 heavy (non-hydrogen) atoms. The Kier molecular flexibility index (Phi) is 6.94. The second kappa shape index (κ2) is 8.25. The molecule has 0 aliphatic carbocycles. The van der Waals surface area contributed by atoms with Gasteiger partial charge in [0.15, 0.2) is 0 Å². The number of halogens is 1. The van der Waals surface area contributed by atoms with Crippen LogP contribution in [0.4, 0.5) is 11.4 Å². The van der Waals surface area contributed by atoms with Crippen LogP contribution in [-0.4, -0.2) is 6.61 Å². The lowest BCUT2D eigenvalue weighted by molar-refractivity contribution is 0.303. The number of ether oxygens (including phenoxy) is 1. The average molecular weight is 315 g/mol. The molecule has 0 aromatic heterocycles. The van der Waals surface area contributed by atoms with Crippen molar-refractivity contribution < 1.29 is 4.74 Å². The Labute approximate surface area is 118 Å². The zero-order valence-corrected chi connectivity index (χ0v) is 12.6. The van der Waals surface area contributed by atoms with Gasteiger partial charge in [0.05, 0.1) is 22.5 Å². The summed E-state index contributed by atoms with van der Waals surface area (Å²) in [5.41, 5.74) is 12.6. The number of rotatable bonds is 8. The van der Waals surface area contributed by atoms with Crippen LogP contribution >= 0.6 is 15.9 Å². The van der Waals surface area contributed by atoms with Crippen molar-refractivity contribution in [2.24, 2.45) is 0 Å². The summed E-state index contributed by atoms with van der Waals surface area (Å²) >= 11 is 3.42. The molecule has 4 heteroatoms. The predicted molar refractivity (Wildman–Crippen MR) is 81.8 cm³/mol. The summed E-state index contributed by atoms with van der Waals surface area (Å²) in [6, 6.07) is 3.56. The zero-order chi connectivity index (χ0) is 13.4. The number of hydrogen-bond acceptors (Lipinski definition) is 3. The molecule has 0 heterocycles. The molecule has 1 rings (SSSR count). The van der Waals surface area contributed by atoms with Crippen LogP contribution in [0.1, 0.15) is 45.4 Å². The number of nitrogens with two attached hydrogens (primary N) is 2. The third-order valence-corrected chi connectivity index (χ3v) is 3.51. The van der Waals surface area contributed by atoms with Crippen LogP contribution in [0.25, 0.3) is 0 Å². The van der Waals surface area contributed by atoms with Crippen LogP contribution in [0.15, 0.2) is 16.6 Å². The molecule has 0 unspecified atom stereocenters. The number of nitrogen functional groups attached to an aromatic ring is 2. The molecule has 0 amide bonds. The molecule has 0 bridgehead atoms.